The fraction of sp³-hybridized carbons (Fsp3) is 0.0800. The van der Waals surface area contributed by atoms with Gasteiger partial charge in [-0.05, 0) is 88.4 Å². The van der Waals surface area contributed by atoms with Crippen LogP contribution in [0, 0.1) is 39.0 Å². The second kappa shape index (κ2) is 12.9. The Morgan fingerprint density at radius 3 is 1.04 bits per heavy atom. The molecule has 0 aliphatic carbocycles. The third-order valence-electron chi connectivity index (χ3n) is 10.8. The van der Waals surface area contributed by atoms with Crippen molar-refractivity contribution >= 4 is 43.6 Å². The average Bonchev–Trinajstić information content (AvgIpc) is 3.71. The van der Waals surface area contributed by atoms with Crippen LogP contribution >= 0.6 is 0 Å². The van der Waals surface area contributed by atoms with Gasteiger partial charge in [-0.15, -0.1) is 0 Å². The van der Waals surface area contributed by atoms with Crippen LogP contribution < -0.4 is 0 Å². The number of fused-ring (bicyclic) bond motifs is 6. The van der Waals surface area contributed by atoms with Gasteiger partial charge in [0.2, 0.25) is 0 Å². The van der Waals surface area contributed by atoms with Crippen molar-refractivity contribution in [1.29, 1.82) is 5.26 Å². The molecule has 0 unspecified atom stereocenters. The lowest BCUT2D eigenvalue weighted by Crippen LogP contribution is -2.07. The summed E-state index contributed by atoms with van der Waals surface area (Å²) in [5.74, 6) is 1.67. The van der Waals surface area contributed by atoms with Gasteiger partial charge in [0.15, 0.2) is 17.5 Å². The third kappa shape index (κ3) is 5.36. The number of rotatable bonds is 5. The third-order valence-corrected chi connectivity index (χ3v) is 10.8. The first-order valence-corrected chi connectivity index (χ1v) is 18.8. The van der Waals surface area contributed by atoms with E-state index in [0.717, 1.165) is 71.7 Å². The van der Waals surface area contributed by atoms with E-state index in [-0.39, 0.29) is 0 Å². The van der Waals surface area contributed by atoms with E-state index in [0.29, 0.717) is 23.0 Å². The largest absolute Gasteiger partial charge is 0.308 e. The summed E-state index contributed by atoms with van der Waals surface area (Å²) in [6.45, 7) is 8.50. The van der Waals surface area contributed by atoms with Crippen molar-refractivity contribution in [3.63, 3.8) is 0 Å². The molecule has 7 aromatic carbocycles. The van der Waals surface area contributed by atoms with E-state index in [1.807, 2.05) is 60.7 Å². The molecule has 10 aromatic rings. The summed E-state index contributed by atoms with van der Waals surface area (Å²) in [6.07, 6.45) is 0. The second-order valence-electron chi connectivity index (χ2n) is 14.8. The molecule has 0 N–H and O–H groups in total. The van der Waals surface area contributed by atoms with Crippen molar-refractivity contribution < 1.29 is 0 Å². The van der Waals surface area contributed by atoms with Gasteiger partial charge in [0.25, 0.3) is 0 Å². The summed E-state index contributed by atoms with van der Waals surface area (Å²) in [7, 11) is 0. The highest BCUT2D eigenvalue weighted by Gasteiger charge is 2.24. The van der Waals surface area contributed by atoms with Crippen molar-refractivity contribution in [2.75, 3.05) is 0 Å². The van der Waals surface area contributed by atoms with Crippen molar-refractivity contribution in [3.8, 4) is 51.6 Å². The number of aromatic nitrogens is 5. The van der Waals surface area contributed by atoms with Crippen LogP contribution in [0.5, 0.6) is 0 Å². The Hall–Kier alpha value is -7.36. The Balaban J connectivity index is 1.37. The predicted octanol–water partition coefficient (Wildman–Crippen LogP) is 12.2. The molecule has 0 aliphatic heterocycles. The molecule has 0 amide bonds. The minimum absolute atomic E-state index is 0.518. The van der Waals surface area contributed by atoms with Crippen molar-refractivity contribution in [2.24, 2.45) is 0 Å². The highest BCUT2D eigenvalue weighted by molar-refractivity contribution is 6.11. The molecule has 0 fully saturated rings. The van der Waals surface area contributed by atoms with E-state index >= 15 is 0 Å². The molecule has 0 radical (unpaired) electrons. The van der Waals surface area contributed by atoms with E-state index in [4.69, 9.17) is 15.0 Å². The Labute approximate surface area is 324 Å². The normalized spacial score (nSPS) is 11.6. The van der Waals surface area contributed by atoms with Gasteiger partial charge in [-0.25, -0.2) is 15.0 Å². The molecule has 0 atom stereocenters. The molecule has 266 valence electrons. The van der Waals surface area contributed by atoms with Crippen LogP contribution in [0.25, 0.3) is 89.2 Å². The summed E-state index contributed by atoms with van der Waals surface area (Å²) in [5, 5.41) is 15.9. The zero-order valence-electron chi connectivity index (χ0n) is 31.5. The fourth-order valence-electron chi connectivity index (χ4n) is 8.17. The van der Waals surface area contributed by atoms with Crippen LogP contribution in [0.1, 0.15) is 27.8 Å². The lowest BCUT2D eigenvalue weighted by atomic mass is 10.0. The van der Waals surface area contributed by atoms with Gasteiger partial charge in [-0.1, -0.05) is 107 Å². The van der Waals surface area contributed by atoms with Gasteiger partial charge in [0, 0.05) is 38.2 Å². The van der Waals surface area contributed by atoms with Crippen molar-refractivity contribution in [3.05, 3.63) is 173 Å². The molecule has 0 spiro atoms. The van der Waals surface area contributed by atoms with Gasteiger partial charge < -0.3 is 9.13 Å². The number of hydrogen-bond donors (Lipinski definition) is 0. The van der Waals surface area contributed by atoms with Gasteiger partial charge in [0.05, 0.1) is 33.4 Å². The highest BCUT2D eigenvalue weighted by atomic mass is 15.1. The first-order valence-electron chi connectivity index (χ1n) is 18.8. The van der Waals surface area contributed by atoms with Crippen molar-refractivity contribution in [2.45, 2.75) is 27.7 Å². The van der Waals surface area contributed by atoms with Gasteiger partial charge in [-0.2, -0.15) is 5.26 Å². The number of hydrogen-bond acceptors (Lipinski definition) is 4. The molecule has 3 heterocycles. The SMILES string of the molecule is Cc1ccc2c(c1)c1cc(C)ccc1n2-c1cc(-c2nc(-c3ccccc3)nc(-c3ccccc3)n2)cc(-n2c3ccc(C)cc3c3cc(C)ccc32)c1C#N. The summed E-state index contributed by atoms with van der Waals surface area (Å²) in [6, 6.07) is 53.1. The summed E-state index contributed by atoms with van der Waals surface area (Å²) in [5.41, 5.74) is 13.4. The van der Waals surface area contributed by atoms with Gasteiger partial charge >= 0.3 is 0 Å². The molecule has 0 bridgehead atoms. The Bertz CT molecular complexity index is 2910. The molecule has 6 heteroatoms. The Kier molecular flexibility index (Phi) is 7.65. The van der Waals surface area contributed by atoms with E-state index in [9.17, 15) is 5.26 Å². The van der Waals surface area contributed by atoms with Crippen LogP contribution in [-0.2, 0) is 0 Å². The highest BCUT2D eigenvalue weighted by Crippen LogP contribution is 2.41. The summed E-state index contributed by atoms with van der Waals surface area (Å²) >= 11 is 0. The second-order valence-corrected chi connectivity index (χ2v) is 14.8. The van der Waals surface area contributed by atoms with Crippen molar-refractivity contribution in [1.82, 2.24) is 24.1 Å². The zero-order valence-corrected chi connectivity index (χ0v) is 31.5. The summed E-state index contributed by atoms with van der Waals surface area (Å²) in [4.78, 5) is 15.3. The molecule has 6 nitrogen and oxygen atoms in total. The molecular formula is C50H36N6. The molecule has 0 saturated heterocycles. The van der Waals surface area contributed by atoms with E-state index in [1.165, 1.54) is 22.3 Å². The van der Waals surface area contributed by atoms with Crippen LogP contribution in [0.2, 0.25) is 0 Å². The van der Waals surface area contributed by atoms with Crippen LogP contribution in [0.3, 0.4) is 0 Å². The fourth-order valence-corrected chi connectivity index (χ4v) is 8.17. The molecule has 56 heavy (non-hydrogen) atoms. The summed E-state index contributed by atoms with van der Waals surface area (Å²) < 4.78 is 4.49. The minimum Gasteiger partial charge on any atom is -0.308 e. The minimum atomic E-state index is 0.518. The average molecular weight is 721 g/mol. The zero-order chi connectivity index (χ0) is 38.1. The van der Waals surface area contributed by atoms with Crippen LogP contribution in [0.15, 0.2) is 146 Å². The quantitative estimate of drug-likeness (QED) is 0.177. The lowest BCUT2D eigenvalue weighted by molar-refractivity contribution is 1.06. The predicted molar refractivity (Wildman–Crippen MR) is 228 cm³/mol. The monoisotopic (exact) mass is 720 g/mol. The van der Waals surface area contributed by atoms with Crippen LogP contribution in [-0.4, -0.2) is 24.1 Å². The smallest absolute Gasteiger partial charge is 0.164 e. The molecule has 3 aromatic heterocycles. The Morgan fingerprint density at radius 1 is 0.393 bits per heavy atom. The standard InChI is InChI=1S/C50H36N6/c1-30-15-19-42-37(23-30)38-24-31(2)16-20-43(38)55(42)46-27-36(50-53-48(34-11-7-5-8-12-34)52-49(54-50)35-13-9-6-10-14-35)28-47(41(46)29-51)56-44-21-17-32(3)25-39(44)40-26-33(4)18-22-45(40)56/h5-28H,1-4H3. The van der Waals surface area contributed by atoms with E-state index < -0.39 is 0 Å². The number of nitrogens with zero attached hydrogens (tertiary/aromatic N) is 6. The maximum atomic E-state index is 11.4. The number of nitriles is 1. The number of aryl methyl sites for hydroxylation is 4. The molecular weight excluding hydrogens is 685 g/mol. The maximum Gasteiger partial charge on any atom is 0.164 e. The molecule has 0 aliphatic rings. The maximum absolute atomic E-state index is 11.4. The van der Waals surface area contributed by atoms with E-state index in [2.05, 4.69) is 128 Å². The first-order chi connectivity index (χ1) is 27.3. The van der Waals surface area contributed by atoms with Gasteiger partial charge in [-0.3, -0.25) is 0 Å². The van der Waals surface area contributed by atoms with Crippen LogP contribution in [0.4, 0.5) is 0 Å². The Morgan fingerprint density at radius 2 is 0.714 bits per heavy atom. The van der Waals surface area contributed by atoms with Gasteiger partial charge in [0.1, 0.15) is 11.6 Å². The lowest BCUT2D eigenvalue weighted by Gasteiger charge is -2.18. The molecule has 10 rings (SSSR count). The first kappa shape index (κ1) is 33.2. The topological polar surface area (TPSA) is 72.3 Å². The molecule has 0 saturated carbocycles. The van der Waals surface area contributed by atoms with E-state index in [1.54, 1.807) is 0 Å². The number of benzene rings is 7.